The first-order chi connectivity index (χ1) is 17.0. The summed E-state index contributed by atoms with van der Waals surface area (Å²) < 4.78 is 53.4. The Morgan fingerprint density at radius 3 is 2.72 bits per heavy atom. The summed E-state index contributed by atoms with van der Waals surface area (Å²) in [4.78, 5) is 34.3. The number of nitrogens with zero attached hydrogens (tertiary/aromatic N) is 3. The third-order valence-electron chi connectivity index (χ3n) is 5.97. The normalized spacial score (nSPS) is 18.2. The number of amides is 1. The minimum absolute atomic E-state index is 0.0426. The molecule has 2 aromatic heterocycles. The first-order valence-corrected chi connectivity index (χ1v) is 12.0. The summed E-state index contributed by atoms with van der Waals surface area (Å²) in [5.41, 5.74) is -1.72. The van der Waals surface area contributed by atoms with Gasteiger partial charge >= 0.3 is 12.1 Å². The summed E-state index contributed by atoms with van der Waals surface area (Å²) in [6.07, 6.45) is -2.37. The van der Waals surface area contributed by atoms with E-state index in [0.717, 1.165) is 17.4 Å². The van der Waals surface area contributed by atoms with E-state index in [1.165, 1.54) is 23.7 Å². The third-order valence-corrected chi connectivity index (χ3v) is 7.00. The summed E-state index contributed by atoms with van der Waals surface area (Å²) in [5, 5.41) is 13.5. The molecule has 1 saturated heterocycles. The number of benzene rings is 1. The Kier molecular flexibility index (Phi) is 7.19. The second kappa shape index (κ2) is 10.0. The molecule has 2 atom stereocenters. The number of pyridine rings is 1. The van der Waals surface area contributed by atoms with Gasteiger partial charge < -0.3 is 10.0 Å². The van der Waals surface area contributed by atoms with Crippen molar-refractivity contribution >= 4 is 45.8 Å². The number of carboxylic acid groups (broad SMARTS) is 1. The summed E-state index contributed by atoms with van der Waals surface area (Å²) in [6, 6.07) is 3.93. The maximum Gasteiger partial charge on any atom is 0.419 e. The Balaban J connectivity index is 1.51. The van der Waals surface area contributed by atoms with Gasteiger partial charge in [-0.05, 0) is 38.0 Å². The molecule has 2 N–H and O–H groups in total. The van der Waals surface area contributed by atoms with E-state index >= 15 is 0 Å². The van der Waals surface area contributed by atoms with Gasteiger partial charge in [0.1, 0.15) is 11.6 Å². The number of carboxylic acids is 1. The number of hydrogen-bond donors (Lipinski definition) is 2. The molecule has 36 heavy (non-hydrogen) atoms. The molecule has 1 aromatic carbocycles. The molecule has 2 unspecified atom stereocenters. The number of aromatic nitrogens is 2. The maximum absolute atomic E-state index is 14.4. The van der Waals surface area contributed by atoms with Gasteiger partial charge in [0.25, 0.3) is 5.91 Å². The van der Waals surface area contributed by atoms with Crippen LogP contribution in [0.1, 0.15) is 35.7 Å². The molecule has 4 rings (SSSR count). The number of aliphatic carboxylic acids is 1. The fourth-order valence-electron chi connectivity index (χ4n) is 4.11. The lowest BCUT2D eigenvalue weighted by Gasteiger charge is -2.38. The predicted molar refractivity (Wildman–Crippen MR) is 127 cm³/mol. The molecule has 3 aromatic rings. The van der Waals surface area contributed by atoms with Gasteiger partial charge in [0.05, 0.1) is 27.8 Å². The first-order valence-electron chi connectivity index (χ1n) is 10.7. The highest BCUT2D eigenvalue weighted by molar-refractivity contribution is 7.14. The number of carbonyl (C=O) groups excluding carboxylic acids is 1. The molecule has 1 amide bonds. The number of nitrogens with one attached hydrogen (secondary N) is 1. The summed E-state index contributed by atoms with van der Waals surface area (Å²) in [5.74, 6) is -3.18. The third kappa shape index (κ3) is 5.14. The Morgan fingerprint density at radius 2 is 2.06 bits per heavy atom. The molecule has 0 saturated carbocycles. The van der Waals surface area contributed by atoms with Gasteiger partial charge in [0, 0.05) is 29.7 Å². The fourth-order valence-corrected chi connectivity index (χ4v) is 5.09. The van der Waals surface area contributed by atoms with E-state index in [1.54, 1.807) is 11.8 Å². The van der Waals surface area contributed by atoms with Crippen LogP contribution in [0.15, 0.2) is 35.8 Å². The lowest BCUT2D eigenvalue weighted by atomic mass is 9.90. The molecule has 190 valence electrons. The smallest absolute Gasteiger partial charge is 0.419 e. The highest BCUT2D eigenvalue weighted by atomic mass is 35.5. The van der Waals surface area contributed by atoms with Crippen LogP contribution in [0, 0.1) is 11.7 Å². The second-order valence-electron chi connectivity index (χ2n) is 8.21. The molecular weight excluding hydrogens is 524 g/mol. The van der Waals surface area contributed by atoms with Crippen molar-refractivity contribution in [1.29, 1.82) is 0 Å². The molecule has 13 heteroatoms. The molecule has 0 aliphatic carbocycles. The Labute approximate surface area is 211 Å². The largest absolute Gasteiger partial charge is 0.481 e. The van der Waals surface area contributed by atoms with E-state index in [9.17, 15) is 32.3 Å². The predicted octanol–water partition coefficient (Wildman–Crippen LogP) is 5.96. The zero-order valence-corrected chi connectivity index (χ0v) is 20.2. The molecule has 0 radical (unpaired) electrons. The quantitative estimate of drug-likeness (QED) is 0.386. The topological polar surface area (TPSA) is 95.4 Å². The van der Waals surface area contributed by atoms with E-state index in [1.807, 2.05) is 0 Å². The highest BCUT2D eigenvalue weighted by Gasteiger charge is 2.36. The van der Waals surface area contributed by atoms with Crippen molar-refractivity contribution in [2.75, 3.05) is 16.8 Å². The maximum atomic E-state index is 14.4. The molecule has 7 nitrogen and oxygen atoms in total. The van der Waals surface area contributed by atoms with Crippen molar-refractivity contribution in [3.63, 3.8) is 0 Å². The minimum Gasteiger partial charge on any atom is -0.481 e. The SMILES string of the molecule is CC1C(C(=O)O)CCCN1c1ncc(C(=O)Nc2nc(-c3cccc(C(F)(F)F)c3F)cs2)cc1Cl. The monoisotopic (exact) mass is 542 g/mol. The molecular formula is C23H19ClF4N4O3S. The number of rotatable bonds is 5. The molecule has 3 heterocycles. The van der Waals surface area contributed by atoms with Crippen molar-refractivity contribution < 1.29 is 32.3 Å². The number of carbonyl (C=O) groups is 2. The summed E-state index contributed by atoms with van der Waals surface area (Å²) >= 11 is 7.29. The number of anilines is 2. The van der Waals surface area contributed by atoms with Gasteiger partial charge in [-0.25, -0.2) is 14.4 Å². The molecule has 1 aliphatic heterocycles. The lowest BCUT2D eigenvalue weighted by Crippen LogP contribution is -2.46. The molecule has 1 fully saturated rings. The van der Waals surface area contributed by atoms with Crippen LogP contribution in [0.3, 0.4) is 0 Å². The Hall–Kier alpha value is -3.25. The lowest BCUT2D eigenvalue weighted by molar-refractivity contribution is -0.143. The number of piperidine rings is 1. The standard InChI is InChI=1S/C23H19ClF4N4O3S/c1-11-13(21(34)35)5-3-7-32(11)19-16(24)8-12(9-29-19)20(33)31-22-30-17(10-36-22)14-4-2-6-15(18(14)25)23(26,27)28/h2,4,6,8-11,13H,3,5,7H2,1H3,(H,34,35)(H,30,31,33). The summed E-state index contributed by atoms with van der Waals surface area (Å²) in [7, 11) is 0. The van der Waals surface area contributed by atoms with Crippen molar-refractivity contribution in [2.24, 2.45) is 5.92 Å². The minimum atomic E-state index is -4.86. The zero-order chi connectivity index (χ0) is 26.2. The van der Waals surface area contributed by atoms with Crippen LogP contribution in [-0.2, 0) is 11.0 Å². The van der Waals surface area contributed by atoms with Crippen LogP contribution in [0.4, 0.5) is 28.5 Å². The van der Waals surface area contributed by atoms with Crippen molar-refractivity contribution in [2.45, 2.75) is 32.0 Å². The van der Waals surface area contributed by atoms with E-state index < -0.39 is 35.4 Å². The average molecular weight is 543 g/mol. The van der Waals surface area contributed by atoms with Gasteiger partial charge in [0.15, 0.2) is 5.13 Å². The number of hydrogen-bond acceptors (Lipinski definition) is 6. The Morgan fingerprint density at radius 1 is 1.31 bits per heavy atom. The van der Waals surface area contributed by atoms with E-state index in [2.05, 4.69) is 15.3 Å². The van der Waals surface area contributed by atoms with Gasteiger partial charge in [-0.3, -0.25) is 14.9 Å². The van der Waals surface area contributed by atoms with Crippen LogP contribution in [0.25, 0.3) is 11.3 Å². The van der Waals surface area contributed by atoms with Crippen LogP contribution >= 0.6 is 22.9 Å². The average Bonchev–Trinajstić information content (AvgIpc) is 3.26. The second-order valence-corrected chi connectivity index (χ2v) is 9.47. The van der Waals surface area contributed by atoms with E-state index in [-0.39, 0.29) is 33.0 Å². The molecule has 1 aliphatic rings. The van der Waals surface area contributed by atoms with Crippen molar-refractivity contribution in [3.05, 3.63) is 57.8 Å². The van der Waals surface area contributed by atoms with Crippen LogP contribution in [0.2, 0.25) is 5.02 Å². The molecule has 0 bridgehead atoms. The van der Waals surface area contributed by atoms with E-state index in [4.69, 9.17) is 11.6 Å². The van der Waals surface area contributed by atoms with Gasteiger partial charge in [-0.2, -0.15) is 13.2 Å². The number of halogens is 5. The van der Waals surface area contributed by atoms with Crippen LogP contribution < -0.4 is 10.2 Å². The highest BCUT2D eigenvalue weighted by Crippen LogP contribution is 2.37. The first kappa shape index (κ1) is 25.8. The fraction of sp³-hybridized carbons (Fsp3) is 0.304. The number of thiazole rings is 1. The number of alkyl halides is 3. The van der Waals surface area contributed by atoms with Crippen molar-refractivity contribution in [3.8, 4) is 11.3 Å². The van der Waals surface area contributed by atoms with Crippen LogP contribution in [0.5, 0.6) is 0 Å². The van der Waals surface area contributed by atoms with Crippen LogP contribution in [-0.4, -0.2) is 39.5 Å². The van der Waals surface area contributed by atoms with Gasteiger partial charge in [0.2, 0.25) is 0 Å². The van der Waals surface area contributed by atoms with Gasteiger partial charge in [-0.15, -0.1) is 11.3 Å². The van der Waals surface area contributed by atoms with Gasteiger partial charge in [-0.1, -0.05) is 17.7 Å². The van der Waals surface area contributed by atoms with Crippen molar-refractivity contribution in [1.82, 2.24) is 9.97 Å². The summed E-state index contributed by atoms with van der Waals surface area (Å²) in [6.45, 7) is 2.35. The van der Waals surface area contributed by atoms with E-state index in [0.29, 0.717) is 31.3 Å². The molecule has 0 spiro atoms. The zero-order valence-electron chi connectivity index (χ0n) is 18.6. The Bertz CT molecular complexity index is 1320.